The second-order valence-electron chi connectivity index (χ2n) is 6.63. The molecule has 2 aromatic heterocycles. The van der Waals surface area contributed by atoms with E-state index < -0.39 is 0 Å². The SMILES string of the molecule is Cc1ccc(-c2nc(CN(C)CC3COc4ccccc4O3)c(C)o2)o1. The van der Waals surface area contributed by atoms with Crippen LogP contribution in [0.2, 0.25) is 0 Å². The van der Waals surface area contributed by atoms with E-state index in [2.05, 4.69) is 9.88 Å². The zero-order valence-corrected chi connectivity index (χ0v) is 15.2. The van der Waals surface area contributed by atoms with Crippen molar-refractivity contribution in [3.8, 4) is 23.1 Å². The molecule has 3 aromatic rings. The maximum absolute atomic E-state index is 6.02. The van der Waals surface area contributed by atoms with Gasteiger partial charge in [0.2, 0.25) is 0 Å². The predicted molar refractivity (Wildman–Crippen MR) is 96.4 cm³/mol. The van der Waals surface area contributed by atoms with Crippen LogP contribution in [0.1, 0.15) is 17.2 Å². The third-order valence-corrected chi connectivity index (χ3v) is 4.35. The van der Waals surface area contributed by atoms with Crippen LogP contribution < -0.4 is 9.47 Å². The number of fused-ring (bicyclic) bond motifs is 1. The Labute approximate surface area is 152 Å². The summed E-state index contributed by atoms with van der Waals surface area (Å²) in [6.45, 7) is 5.76. The van der Waals surface area contributed by atoms with E-state index in [0.29, 0.717) is 24.8 Å². The highest BCUT2D eigenvalue weighted by atomic mass is 16.6. The minimum Gasteiger partial charge on any atom is -0.486 e. The molecule has 6 heteroatoms. The molecule has 0 fully saturated rings. The van der Waals surface area contributed by atoms with Gasteiger partial charge in [-0.3, -0.25) is 4.90 Å². The highest BCUT2D eigenvalue weighted by Crippen LogP contribution is 2.31. The summed E-state index contributed by atoms with van der Waals surface area (Å²) < 4.78 is 23.2. The van der Waals surface area contributed by atoms with E-state index in [9.17, 15) is 0 Å². The summed E-state index contributed by atoms with van der Waals surface area (Å²) in [5.41, 5.74) is 0.897. The van der Waals surface area contributed by atoms with Crippen LogP contribution in [0.3, 0.4) is 0 Å². The second kappa shape index (κ2) is 6.88. The molecule has 0 saturated carbocycles. The van der Waals surface area contributed by atoms with Gasteiger partial charge in [-0.2, -0.15) is 0 Å². The van der Waals surface area contributed by atoms with Crippen molar-refractivity contribution in [1.82, 2.24) is 9.88 Å². The van der Waals surface area contributed by atoms with Gasteiger partial charge in [0.05, 0.1) is 5.69 Å². The third-order valence-electron chi connectivity index (χ3n) is 4.35. The minimum atomic E-state index is -0.0192. The molecule has 26 heavy (non-hydrogen) atoms. The number of hydrogen-bond donors (Lipinski definition) is 0. The summed E-state index contributed by atoms with van der Waals surface area (Å²) in [4.78, 5) is 6.74. The van der Waals surface area contributed by atoms with Gasteiger partial charge in [-0.05, 0) is 45.2 Å². The van der Waals surface area contributed by atoms with Gasteiger partial charge in [-0.25, -0.2) is 4.98 Å². The molecular formula is C20H22N2O4. The van der Waals surface area contributed by atoms with Crippen molar-refractivity contribution >= 4 is 0 Å². The molecule has 1 aromatic carbocycles. The van der Waals surface area contributed by atoms with Crippen LogP contribution in [0.4, 0.5) is 0 Å². The largest absolute Gasteiger partial charge is 0.486 e. The second-order valence-corrected chi connectivity index (χ2v) is 6.63. The number of oxazole rings is 1. The fraction of sp³-hybridized carbons (Fsp3) is 0.350. The maximum Gasteiger partial charge on any atom is 0.263 e. The Bertz CT molecular complexity index is 899. The molecule has 6 nitrogen and oxygen atoms in total. The lowest BCUT2D eigenvalue weighted by molar-refractivity contribution is 0.0634. The number of aryl methyl sites for hydroxylation is 2. The van der Waals surface area contributed by atoms with Gasteiger partial charge in [0, 0.05) is 13.1 Å². The number of nitrogens with zero attached hydrogens (tertiary/aromatic N) is 2. The molecule has 0 amide bonds. The third kappa shape index (κ3) is 3.46. The minimum absolute atomic E-state index is 0.0192. The van der Waals surface area contributed by atoms with Gasteiger partial charge in [-0.1, -0.05) is 12.1 Å². The molecule has 1 aliphatic heterocycles. The van der Waals surface area contributed by atoms with Crippen LogP contribution in [0, 0.1) is 13.8 Å². The topological polar surface area (TPSA) is 60.9 Å². The van der Waals surface area contributed by atoms with Crippen molar-refractivity contribution in [3.63, 3.8) is 0 Å². The molecule has 0 aliphatic carbocycles. The number of furan rings is 1. The van der Waals surface area contributed by atoms with E-state index in [0.717, 1.165) is 35.3 Å². The number of ether oxygens (including phenoxy) is 2. The molecule has 1 atom stereocenters. The Hall–Kier alpha value is -2.73. The van der Waals surface area contributed by atoms with E-state index in [1.165, 1.54) is 0 Å². The first-order chi connectivity index (χ1) is 12.6. The Balaban J connectivity index is 1.39. The van der Waals surface area contributed by atoms with Crippen molar-refractivity contribution in [2.24, 2.45) is 0 Å². The van der Waals surface area contributed by atoms with E-state index in [4.69, 9.17) is 18.3 Å². The summed E-state index contributed by atoms with van der Waals surface area (Å²) in [7, 11) is 2.04. The number of para-hydroxylation sites is 2. The molecule has 1 unspecified atom stereocenters. The quantitative estimate of drug-likeness (QED) is 0.694. The lowest BCUT2D eigenvalue weighted by Crippen LogP contribution is -2.39. The van der Waals surface area contributed by atoms with E-state index in [1.54, 1.807) is 0 Å². The zero-order chi connectivity index (χ0) is 18.1. The fourth-order valence-electron chi connectivity index (χ4n) is 3.05. The molecule has 0 spiro atoms. The molecule has 0 bridgehead atoms. The lowest BCUT2D eigenvalue weighted by atomic mass is 10.2. The van der Waals surface area contributed by atoms with Crippen LogP contribution in [0.5, 0.6) is 11.5 Å². The molecule has 1 aliphatic rings. The van der Waals surface area contributed by atoms with Crippen molar-refractivity contribution in [1.29, 1.82) is 0 Å². The summed E-state index contributed by atoms with van der Waals surface area (Å²) in [6.07, 6.45) is -0.0192. The van der Waals surface area contributed by atoms with E-state index in [1.807, 2.05) is 57.3 Å². The first-order valence-electron chi connectivity index (χ1n) is 8.68. The fourth-order valence-corrected chi connectivity index (χ4v) is 3.05. The summed E-state index contributed by atoms with van der Waals surface area (Å²) in [5, 5.41) is 0. The molecule has 0 N–H and O–H groups in total. The van der Waals surface area contributed by atoms with Gasteiger partial charge in [0.15, 0.2) is 17.3 Å². The Morgan fingerprint density at radius 1 is 1.08 bits per heavy atom. The Morgan fingerprint density at radius 3 is 2.65 bits per heavy atom. The van der Waals surface area contributed by atoms with Crippen molar-refractivity contribution < 1.29 is 18.3 Å². The summed E-state index contributed by atoms with van der Waals surface area (Å²) in [5.74, 6) is 4.41. The van der Waals surface area contributed by atoms with Gasteiger partial charge < -0.3 is 18.3 Å². The molecular weight excluding hydrogens is 332 g/mol. The van der Waals surface area contributed by atoms with Crippen LogP contribution in [0.15, 0.2) is 45.2 Å². The van der Waals surface area contributed by atoms with Gasteiger partial charge >= 0.3 is 0 Å². The van der Waals surface area contributed by atoms with Crippen molar-refractivity contribution in [3.05, 3.63) is 53.6 Å². The smallest absolute Gasteiger partial charge is 0.263 e. The number of likely N-dealkylation sites (N-methyl/N-ethyl adjacent to an activating group) is 1. The van der Waals surface area contributed by atoms with Crippen LogP contribution in [-0.2, 0) is 6.54 Å². The monoisotopic (exact) mass is 354 g/mol. The summed E-state index contributed by atoms with van der Waals surface area (Å²) in [6, 6.07) is 11.5. The average Bonchev–Trinajstić information content (AvgIpc) is 3.21. The van der Waals surface area contributed by atoms with E-state index >= 15 is 0 Å². The molecule has 0 radical (unpaired) electrons. The number of benzene rings is 1. The Kier molecular flexibility index (Phi) is 4.42. The maximum atomic E-state index is 6.02. The standard InChI is InChI=1S/C20H22N2O4/c1-13-8-9-19(24-13)20-21-16(14(2)25-20)11-22(3)10-15-12-23-17-6-4-5-7-18(17)26-15/h4-9,15H,10-12H2,1-3H3. The normalized spacial score (nSPS) is 16.2. The zero-order valence-electron chi connectivity index (χ0n) is 15.2. The van der Waals surface area contributed by atoms with Crippen LogP contribution in [-0.4, -0.2) is 36.2 Å². The molecule has 3 heterocycles. The summed E-state index contributed by atoms with van der Waals surface area (Å²) >= 11 is 0. The van der Waals surface area contributed by atoms with E-state index in [-0.39, 0.29) is 6.10 Å². The molecule has 4 rings (SSSR count). The first-order valence-corrected chi connectivity index (χ1v) is 8.68. The highest BCUT2D eigenvalue weighted by Gasteiger charge is 2.23. The number of rotatable bonds is 5. The van der Waals surface area contributed by atoms with Crippen molar-refractivity contribution in [2.75, 3.05) is 20.2 Å². The molecule has 136 valence electrons. The lowest BCUT2D eigenvalue weighted by Gasteiger charge is -2.29. The first kappa shape index (κ1) is 16.7. The van der Waals surface area contributed by atoms with Crippen molar-refractivity contribution in [2.45, 2.75) is 26.5 Å². The van der Waals surface area contributed by atoms with Crippen LogP contribution in [0.25, 0.3) is 11.7 Å². The Morgan fingerprint density at radius 2 is 1.88 bits per heavy atom. The van der Waals surface area contributed by atoms with Gasteiger partial charge in [0.1, 0.15) is 24.2 Å². The predicted octanol–water partition coefficient (Wildman–Crippen LogP) is 3.82. The molecule has 0 saturated heterocycles. The van der Waals surface area contributed by atoms with Gasteiger partial charge in [-0.15, -0.1) is 0 Å². The number of hydrogen-bond acceptors (Lipinski definition) is 6. The highest BCUT2D eigenvalue weighted by molar-refractivity contribution is 5.45. The van der Waals surface area contributed by atoms with Gasteiger partial charge in [0.25, 0.3) is 5.89 Å². The average molecular weight is 354 g/mol. The van der Waals surface area contributed by atoms with Crippen LogP contribution >= 0.6 is 0 Å². The number of aromatic nitrogens is 1.